The SMILES string of the molecule is CCC(C)C(NC(=O)C(CC(N)=O)NC(=O)C(C)N)C(=O)NC(CCSC)C(=O)O. The van der Waals surface area contributed by atoms with Crippen LogP contribution in [0.25, 0.3) is 0 Å². The lowest BCUT2D eigenvalue weighted by Crippen LogP contribution is -2.59. The van der Waals surface area contributed by atoms with Gasteiger partial charge in [-0.05, 0) is 31.3 Å². The number of primary amides is 1. The Morgan fingerprint density at radius 3 is 1.97 bits per heavy atom. The van der Waals surface area contributed by atoms with E-state index in [1.165, 1.54) is 18.7 Å². The Balaban J connectivity index is 5.46. The number of nitrogens with two attached hydrogens (primary N) is 2. The van der Waals surface area contributed by atoms with Gasteiger partial charge in [0.1, 0.15) is 18.1 Å². The summed E-state index contributed by atoms with van der Waals surface area (Å²) in [7, 11) is 0. The van der Waals surface area contributed by atoms with Gasteiger partial charge in [0.15, 0.2) is 0 Å². The minimum atomic E-state index is -1.31. The molecule has 4 amide bonds. The molecule has 0 heterocycles. The molecule has 30 heavy (non-hydrogen) atoms. The maximum atomic E-state index is 12.7. The third-order valence-corrected chi connectivity index (χ3v) is 5.11. The molecule has 0 saturated heterocycles. The Morgan fingerprint density at radius 1 is 0.967 bits per heavy atom. The van der Waals surface area contributed by atoms with Gasteiger partial charge in [-0.1, -0.05) is 20.3 Å². The average molecular weight is 448 g/mol. The Kier molecular flexibility index (Phi) is 12.7. The molecule has 0 saturated carbocycles. The fourth-order valence-electron chi connectivity index (χ4n) is 2.42. The molecular formula is C18H33N5O6S. The number of hydrogen-bond acceptors (Lipinski definition) is 7. The summed E-state index contributed by atoms with van der Waals surface area (Å²) in [4.78, 5) is 60.0. The molecule has 0 aliphatic carbocycles. The number of amides is 4. The van der Waals surface area contributed by atoms with Gasteiger partial charge in [0.25, 0.3) is 0 Å². The lowest BCUT2D eigenvalue weighted by molar-refractivity contribution is -0.142. The van der Waals surface area contributed by atoms with Crippen molar-refractivity contribution in [3.8, 4) is 0 Å². The summed E-state index contributed by atoms with van der Waals surface area (Å²) in [6.45, 7) is 4.93. The van der Waals surface area contributed by atoms with E-state index in [1.54, 1.807) is 13.8 Å². The summed E-state index contributed by atoms with van der Waals surface area (Å²) in [5.74, 6) is -3.94. The number of carboxylic acid groups (broad SMARTS) is 1. The number of hydrogen-bond donors (Lipinski definition) is 6. The molecular weight excluding hydrogens is 414 g/mol. The van der Waals surface area contributed by atoms with E-state index in [0.29, 0.717) is 12.2 Å². The zero-order chi connectivity index (χ0) is 23.4. The topological polar surface area (TPSA) is 194 Å². The van der Waals surface area contributed by atoms with Gasteiger partial charge < -0.3 is 32.5 Å². The van der Waals surface area contributed by atoms with Crippen LogP contribution in [0.5, 0.6) is 0 Å². The first-order chi connectivity index (χ1) is 13.9. The summed E-state index contributed by atoms with van der Waals surface area (Å²) in [6.07, 6.45) is 2.06. The van der Waals surface area contributed by atoms with E-state index in [0.717, 1.165) is 0 Å². The predicted molar refractivity (Wildman–Crippen MR) is 113 cm³/mol. The number of carboxylic acids is 1. The summed E-state index contributed by atoms with van der Waals surface area (Å²) in [5.41, 5.74) is 10.6. The van der Waals surface area contributed by atoms with E-state index < -0.39 is 60.2 Å². The number of nitrogens with one attached hydrogen (secondary N) is 3. The summed E-state index contributed by atoms with van der Waals surface area (Å²) in [5, 5.41) is 16.6. The van der Waals surface area contributed by atoms with Crippen molar-refractivity contribution in [3.05, 3.63) is 0 Å². The van der Waals surface area contributed by atoms with Crippen molar-refractivity contribution in [1.82, 2.24) is 16.0 Å². The van der Waals surface area contributed by atoms with Crippen LogP contribution in [0.15, 0.2) is 0 Å². The van der Waals surface area contributed by atoms with E-state index in [1.807, 2.05) is 6.26 Å². The van der Waals surface area contributed by atoms with Gasteiger partial charge in [0.05, 0.1) is 12.5 Å². The molecule has 12 heteroatoms. The highest BCUT2D eigenvalue weighted by Crippen LogP contribution is 2.10. The molecule has 11 nitrogen and oxygen atoms in total. The van der Waals surface area contributed by atoms with Crippen molar-refractivity contribution in [1.29, 1.82) is 0 Å². The van der Waals surface area contributed by atoms with Crippen LogP contribution in [0, 0.1) is 5.92 Å². The Bertz CT molecular complexity index is 630. The third kappa shape index (κ3) is 9.92. The van der Waals surface area contributed by atoms with Crippen LogP contribution < -0.4 is 27.4 Å². The average Bonchev–Trinajstić information content (AvgIpc) is 2.66. The molecule has 0 bridgehead atoms. The monoisotopic (exact) mass is 447 g/mol. The van der Waals surface area contributed by atoms with Crippen LogP contribution in [0.2, 0.25) is 0 Å². The molecule has 0 aromatic rings. The second-order valence-corrected chi connectivity index (χ2v) is 8.06. The quantitative estimate of drug-likeness (QED) is 0.186. The molecule has 8 N–H and O–H groups in total. The van der Waals surface area contributed by atoms with Crippen LogP contribution in [0.3, 0.4) is 0 Å². The predicted octanol–water partition coefficient (Wildman–Crippen LogP) is -1.45. The minimum absolute atomic E-state index is 0.220. The number of thioether (sulfide) groups is 1. The second-order valence-electron chi connectivity index (χ2n) is 7.07. The fourth-order valence-corrected chi connectivity index (χ4v) is 2.90. The maximum Gasteiger partial charge on any atom is 0.326 e. The Hall–Kier alpha value is -2.34. The highest BCUT2D eigenvalue weighted by molar-refractivity contribution is 7.98. The molecule has 0 rings (SSSR count). The van der Waals surface area contributed by atoms with Crippen molar-refractivity contribution in [2.45, 2.75) is 64.2 Å². The molecule has 5 atom stereocenters. The summed E-state index contributed by atoms with van der Waals surface area (Å²) >= 11 is 1.44. The molecule has 0 radical (unpaired) electrons. The highest BCUT2D eigenvalue weighted by Gasteiger charge is 2.32. The lowest BCUT2D eigenvalue weighted by Gasteiger charge is -2.27. The smallest absolute Gasteiger partial charge is 0.326 e. The van der Waals surface area contributed by atoms with Gasteiger partial charge in [-0.25, -0.2) is 4.79 Å². The largest absolute Gasteiger partial charge is 0.480 e. The van der Waals surface area contributed by atoms with Gasteiger partial charge in [0.2, 0.25) is 23.6 Å². The van der Waals surface area contributed by atoms with Crippen LogP contribution >= 0.6 is 11.8 Å². The van der Waals surface area contributed by atoms with Gasteiger partial charge in [-0.2, -0.15) is 11.8 Å². The lowest BCUT2D eigenvalue weighted by atomic mass is 9.97. The van der Waals surface area contributed by atoms with Crippen molar-refractivity contribution in [3.63, 3.8) is 0 Å². The van der Waals surface area contributed by atoms with Crippen molar-refractivity contribution in [2.24, 2.45) is 17.4 Å². The molecule has 0 aromatic heterocycles. The van der Waals surface area contributed by atoms with E-state index in [4.69, 9.17) is 11.5 Å². The standard InChI is InChI=1S/C18H33N5O6S/c1-5-9(2)14(17(27)21-11(18(28)29)6-7-30-4)23-16(26)12(8-13(20)24)22-15(25)10(3)19/h9-12,14H,5-8,19H2,1-4H3,(H2,20,24)(H,21,27)(H,22,25)(H,23,26)(H,28,29). The number of aliphatic carboxylic acids is 1. The first kappa shape index (κ1) is 27.7. The highest BCUT2D eigenvalue weighted by atomic mass is 32.2. The Labute approximate surface area is 180 Å². The van der Waals surface area contributed by atoms with Crippen molar-refractivity contribution >= 4 is 41.4 Å². The zero-order valence-corrected chi connectivity index (χ0v) is 18.6. The van der Waals surface area contributed by atoms with Crippen LogP contribution in [-0.4, -0.2) is 70.9 Å². The van der Waals surface area contributed by atoms with Gasteiger partial charge in [-0.3, -0.25) is 19.2 Å². The van der Waals surface area contributed by atoms with Crippen molar-refractivity contribution in [2.75, 3.05) is 12.0 Å². The number of carbonyl (C=O) groups is 5. The van der Waals surface area contributed by atoms with Crippen LogP contribution in [0.4, 0.5) is 0 Å². The maximum absolute atomic E-state index is 12.7. The summed E-state index contributed by atoms with van der Waals surface area (Å²) < 4.78 is 0. The van der Waals surface area contributed by atoms with Gasteiger partial charge in [-0.15, -0.1) is 0 Å². The zero-order valence-electron chi connectivity index (χ0n) is 17.8. The Morgan fingerprint density at radius 2 is 1.53 bits per heavy atom. The first-order valence-corrected chi connectivity index (χ1v) is 11.0. The van der Waals surface area contributed by atoms with Crippen molar-refractivity contribution < 1.29 is 29.1 Å². The second kappa shape index (κ2) is 13.8. The fraction of sp³-hybridized carbons (Fsp3) is 0.722. The number of carbonyl (C=O) groups excluding carboxylic acids is 4. The minimum Gasteiger partial charge on any atom is -0.480 e. The molecule has 172 valence electrons. The molecule has 0 aromatic carbocycles. The van der Waals surface area contributed by atoms with Crippen LogP contribution in [0.1, 0.15) is 40.0 Å². The van der Waals surface area contributed by atoms with E-state index in [-0.39, 0.29) is 12.3 Å². The van der Waals surface area contributed by atoms with Crippen LogP contribution in [-0.2, 0) is 24.0 Å². The molecule has 0 spiro atoms. The molecule has 0 fully saturated rings. The van der Waals surface area contributed by atoms with Gasteiger partial charge in [0, 0.05) is 0 Å². The first-order valence-electron chi connectivity index (χ1n) is 9.61. The molecule has 0 aliphatic heterocycles. The van der Waals surface area contributed by atoms with E-state index in [9.17, 15) is 29.1 Å². The molecule has 5 unspecified atom stereocenters. The number of rotatable bonds is 14. The third-order valence-electron chi connectivity index (χ3n) is 4.47. The van der Waals surface area contributed by atoms with E-state index in [2.05, 4.69) is 16.0 Å². The van der Waals surface area contributed by atoms with E-state index >= 15 is 0 Å². The summed E-state index contributed by atoms with van der Waals surface area (Å²) in [6, 6.07) is -4.41. The molecule has 0 aliphatic rings. The normalized spacial score (nSPS) is 15.8. The van der Waals surface area contributed by atoms with Gasteiger partial charge >= 0.3 is 5.97 Å².